The minimum Gasteiger partial charge on any atom is -0.354 e. The third-order valence-corrected chi connectivity index (χ3v) is 4.75. The van der Waals surface area contributed by atoms with Gasteiger partial charge in [0.2, 0.25) is 0 Å². The monoisotopic (exact) mass is 294 g/mol. The van der Waals surface area contributed by atoms with E-state index >= 15 is 0 Å². The minimum absolute atomic E-state index is 0.236. The molecule has 1 atom stereocenters. The average molecular weight is 294 g/mol. The first-order valence-corrected chi connectivity index (χ1v) is 9.07. The zero-order chi connectivity index (χ0) is 14.9. The maximum Gasteiger partial charge on any atom is 0.191 e. The lowest BCUT2D eigenvalue weighted by Gasteiger charge is -2.29. The molecule has 2 aliphatic carbocycles. The van der Waals surface area contributed by atoms with Gasteiger partial charge in [-0.1, -0.05) is 38.5 Å². The highest BCUT2D eigenvalue weighted by atomic mass is 15.2. The Labute approximate surface area is 130 Å². The molecule has 0 saturated heterocycles. The Morgan fingerprint density at radius 2 is 1.43 bits per heavy atom. The average Bonchev–Trinajstić information content (AvgIpc) is 2.49. The molecule has 2 rings (SSSR count). The maximum absolute atomic E-state index is 5.84. The van der Waals surface area contributed by atoms with Crippen LogP contribution in [0.25, 0.3) is 0 Å². The number of hydrogen-bond acceptors (Lipinski definition) is 2. The van der Waals surface area contributed by atoms with Crippen LogP contribution in [0.4, 0.5) is 0 Å². The van der Waals surface area contributed by atoms with Gasteiger partial charge in [0.25, 0.3) is 0 Å². The second-order valence-electron chi connectivity index (χ2n) is 6.95. The van der Waals surface area contributed by atoms with Gasteiger partial charge in [0.05, 0.1) is 0 Å². The molecule has 0 amide bonds. The van der Waals surface area contributed by atoms with E-state index in [0.29, 0.717) is 12.1 Å². The van der Waals surface area contributed by atoms with E-state index in [0.717, 1.165) is 18.9 Å². The summed E-state index contributed by atoms with van der Waals surface area (Å²) in [6.07, 6.45) is 14.3. The van der Waals surface area contributed by atoms with Gasteiger partial charge in [0.15, 0.2) is 5.96 Å². The summed E-state index contributed by atoms with van der Waals surface area (Å²) in [5.41, 5.74) is 5.84. The topological polar surface area (TPSA) is 62.4 Å². The Morgan fingerprint density at radius 3 is 1.86 bits per heavy atom. The molecule has 0 aromatic heterocycles. The number of nitrogens with two attached hydrogens (primary N) is 1. The van der Waals surface area contributed by atoms with Crippen LogP contribution >= 0.6 is 0 Å². The molecule has 21 heavy (non-hydrogen) atoms. The smallest absolute Gasteiger partial charge is 0.191 e. The summed E-state index contributed by atoms with van der Waals surface area (Å²) in [5.74, 6) is 1.04. The number of nitrogens with one attached hydrogen (secondary N) is 2. The van der Waals surface area contributed by atoms with E-state index in [1.54, 1.807) is 0 Å². The summed E-state index contributed by atoms with van der Waals surface area (Å²) in [5, 5.41) is 7.35. The molecule has 0 aliphatic heterocycles. The Morgan fingerprint density at radius 1 is 0.952 bits per heavy atom. The van der Waals surface area contributed by atoms with Crippen LogP contribution in [-0.4, -0.2) is 30.6 Å². The van der Waals surface area contributed by atoms with Crippen molar-refractivity contribution in [3.8, 4) is 0 Å². The van der Waals surface area contributed by atoms with E-state index in [9.17, 15) is 0 Å². The fourth-order valence-electron chi connectivity index (χ4n) is 3.39. The van der Waals surface area contributed by atoms with Crippen molar-refractivity contribution in [2.75, 3.05) is 6.54 Å². The molecule has 2 fully saturated rings. The normalized spacial score (nSPS) is 22.6. The highest BCUT2D eigenvalue weighted by molar-refractivity contribution is 5.80. The highest BCUT2D eigenvalue weighted by Crippen LogP contribution is 2.19. The van der Waals surface area contributed by atoms with Crippen molar-refractivity contribution in [2.24, 2.45) is 10.7 Å². The van der Waals surface area contributed by atoms with Crippen molar-refractivity contribution in [2.45, 2.75) is 95.7 Å². The van der Waals surface area contributed by atoms with Crippen molar-refractivity contribution in [1.29, 1.82) is 0 Å². The van der Waals surface area contributed by atoms with E-state index in [-0.39, 0.29) is 6.04 Å². The molecular weight excluding hydrogens is 260 g/mol. The van der Waals surface area contributed by atoms with E-state index in [1.165, 1.54) is 64.2 Å². The molecule has 0 spiro atoms. The Bertz CT molecular complexity index is 280. The zero-order valence-electron chi connectivity index (χ0n) is 13.7. The van der Waals surface area contributed by atoms with Crippen LogP contribution in [0.5, 0.6) is 0 Å². The molecule has 4 heteroatoms. The summed E-state index contributed by atoms with van der Waals surface area (Å²) in [6.45, 7) is 2.88. The molecule has 1 unspecified atom stereocenters. The van der Waals surface area contributed by atoms with Crippen LogP contribution in [0.3, 0.4) is 0 Å². The zero-order valence-corrected chi connectivity index (χ0v) is 13.7. The molecule has 0 heterocycles. The van der Waals surface area contributed by atoms with Crippen molar-refractivity contribution in [3.05, 3.63) is 0 Å². The van der Waals surface area contributed by atoms with Crippen LogP contribution in [0, 0.1) is 0 Å². The molecule has 0 bridgehead atoms. The maximum atomic E-state index is 5.84. The van der Waals surface area contributed by atoms with Crippen molar-refractivity contribution in [1.82, 2.24) is 10.6 Å². The molecule has 2 aliphatic rings. The summed E-state index contributed by atoms with van der Waals surface area (Å²) >= 11 is 0. The van der Waals surface area contributed by atoms with Gasteiger partial charge in [0.1, 0.15) is 0 Å². The van der Waals surface area contributed by atoms with E-state index < -0.39 is 0 Å². The first-order chi connectivity index (χ1) is 10.2. The van der Waals surface area contributed by atoms with E-state index in [1.807, 2.05) is 0 Å². The van der Waals surface area contributed by atoms with E-state index in [2.05, 4.69) is 17.6 Å². The van der Waals surface area contributed by atoms with Gasteiger partial charge in [-0.25, -0.2) is 0 Å². The standard InChI is InChI=1S/C17H34N4/c1-14(18)12-13-19-17(20-15-8-4-2-5-9-15)21-16-10-6-3-7-11-16/h14-16H,2-13,18H2,1H3,(H2,19,20,21). The predicted octanol–water partition coefficient (Wildman–Crippen LogP) is 2.92. The minimum atomic E-state index is 0.236. The number of aliphatic imine (C=N–C) groups is 1. The quantitative estimate of drug-likeness (QED) is 0.539. The van der Waals surface area contributed by atoms with Gasteiger partial charge >= 0.3 is 0 Å². The summed E-state index contributed by atoms with van der Waals surface area (Å²) in [4.78, 5) is 4.77. The molecule has 0 aromatic rings. The summed E-state index contributed by atoms with van der Waals surface area (Å²) in [6, 6.07) is 1.46. The van der Waals surface area contributed by atoms with E-state index in [4.69, 9.17) is 10.7 Å². The number of hydrogen-bond donors (Lipinski definition) is 3. The number of nitrogens with zero attached hydrogens (tertiary/aromatic N) is 1. The van der Waals surface area contributed by atoms with Gasteiger partial charge < -0.3 is 16.4 Å². The van der Waals surface area contributed by atoms with Crippen LogP contribution in [-0.2, 0) is 0 Å². The lowest BCUT2D eigenvalue weighted by atomic mass is 9.95. The van der Waals surface area contributed by atoms with Gasteiger partial charge in [0, 0.05) is 24.7 Å². The molecule has 122 valence electrons. The number of rotatable bonds is 5. The largest absolute Gasteiger partial charge is 0.354 e. The third-order valence-electron chi connectivity index (χ3n) is 4.75. The Kier molecular flexibility index (Phi) is 7.34. The second-order valence-corrected chi connectivity index (χ2v) is 6.95. The summed E-state index contributed by atoms with van der Waals surface area (Å²) in [7, 11) is 0. The fourth-order valence-corrected chi connectivity index (χ4v) is 3.39. The molecular formula is C17H34N4. The third kappa shape index (κ3) is 6.68. The van der Waals surface area contributed by atoms with Gasteiger partial charge in [-0.2, -0.15) is 0 Å². The lowest BCUT2D eigenvalue weighted by Crippen LogP contribution is -2.48. The Hall–Kier alpha value is -0.770. The van der Waals surface area contributed by atoms with Gasteiger partial charge in [-0.3, -0.25) is 4.99 Å². The Balaban J connectivity index is 1.84. The number of guanidine groups is 1. The van der Waals surface area contributed by atoms with Gasteiger partial charge in [-0.15, -0.1) is 0 Å². The van der Waals surface area contributed by atoms with Crippen molar-refractivity contribution in [3.63, 3.8) is 0 Å². The molecule has 0 aromatic carbocycles. The first kappa shape index (κ1) is 16.6. The molecule has 2 saturated carbocycles. The van der Waals surface area contributed by atoms with Crippen LogP contribution in [0.1, 0.15) is 77.6 Å². The van der Waals surface area contributed by atoms with Gasteiger partial charge in [-0.05, 0) is 39.0 Å². The van der Waals surface area contributed by atoms with Crippen LogP contribution in [0.15, 0.2) is 4.99 Å². The fraction of sp³-hybridized carbons (Fsp3) is 0.941. The lowest BCUT2D eigenvalue weighted by molar-refractivity contribution is 0.388. The predicted molar refractivity (Wildman–Crippen MR) is 90.6 cm³/mol. The van der Waals surface area contributed by atoms with Crippen LogP contribution < -0.4 is 16.4 Å². The van der Waals surface area contributed by atoms with Crippen molar-refractivity contribution >= 4 is 5.96 Å². The summed E-state index contributed by atoms with van der Waals surface area (Å²) < 4.78 is 0. The van der Waals surface area contributed by atoms with Crippen LogP contribution in [0.2, 0.25) is 0 Å². The first-order valence-electron chi connectivity index (χ1n) is 9.07. The SMILES string of the molecule is CC(N)CCN=C(NC1CCCCC1)NC1CCCCC1. The highest BCUT2D eigenvalue weighted by Gasteiger charge is 2.18. The molecule has 4 nitrogen and oxygen atoms in total. The molecule has 0 radical (unpaired) electrons. The second kappa shape index (κ2) is 9.29. The molecule has 4 N–H and O–H groups in total. The van der Waals surface area contributed by atoms with Crippen molar-refractivity contribution < 1.29 is 0 Å².